The lowest BCUT2D eigenvalue weighted by Gasteiger charge is -2.22. The van der Waals surface area contributed by atoms with Gasteiger partial charge in [-0.3, -0.25) is 4.79 Å². The number of rotatable bonds is 7. The van der Waals surface area contributed by atoms with Gasteiger partial charge in [0.2, 0.25) is 0 Å². The zero-order valence-electron chi connectivity index (χ0n) is 19.3. The highest BCUT2D eigenvalue weighted by atomic mass is 16.4. The number of amides is 1. The van der Waals surface area contributed by atoms with Crippen LogP contribution in [0.1, 0.15) is 37.4 Å². The average Bonchev–Trinajstić information content (AvgIpc) is 3.31. The molecule has 1 amide bonds. The lowest BCUT2D eigenvalue weighted by atomic mass is 10.0. The van der Waals surface area contributed by atoms with Gasteiger partial charge in [-0.2, -0.15) is 0 Å². The van der Waals surface area contributed by atoms with Crippen molar-refractivity contribution in [2.45, 2.75) is 19.5 Å². The largest absolute Gasteiger partial charge is 0.478 e. The maximum atomic E-state index is 13.1. The van der Waals surface area contributed by atoms with Crippen LogP contribution in [0.2, 0.25) is 0 Å². The van der Waals surface area contributed by atoms with Crippen LogP contribution < -0.4 is 10.2 Å². The first-order chi connectivity index (χ1) is 17.1. The van der Waals surface area contributed by atoms with Crippen molar-refractivity contribution in [3.63, 3.8) is 0 Å². The van der Waals surface area contributed by atoms with Crippen LogP contribution in [0.5, 0.6) is 0 Å². The van der Waals surface area contributed by atoms with E-state index in [2.05, 4.69) is 52.7 Å². The Labute approximate surface area is 204 Å². The van der Waals surface area contributed by atoms with Crippen LogP contribution in [0.3, 0.4) is 0 Å². The number of benzene rings is 4. The van der Waals surface area contributed by atoms with Gasteiger partial charge in [0.15, 0.2) is 0 Å². The summed E-state index contributed by atoms with van der Waals surface area (Å²) < 4.78 is 0. The van der Waals surface area contributed by atoms with E-state index in [1.165, 1.54) is 22.3 Å². The van der Waals surface area contributed by atoms with Crippen LogP contribution in [-0.4, -0.2) is 23.5 Å². The van der Waals surface area contributed by atoms with Gasteiger partial charge in [0.25, 0.3) is 5.91 Å². The Hall–Kier alpha value is -4.38. The molecular weight excluding hydrogens is 436 g/mol. The second-order valence-corrected chi connectivity index (χ2v) is 8.73. The third-order valence-corrected chi connectivity index (χ3v) is 6.42. The number of nitrogens with zero attached hydrogens (tertiary/aromatic N) is 1. The summed E-state index contributed by atoms with van der Waals surface area (Å²) in [5, 5.41) is 12.0. The Kier molecular flexibility index (Phi) is 6.31. The van der Waals surface area contributed by atoms with Crippen molar-refractivity contribution in [3.05, 3.63) is 125 Å². The number of nitrogens with one attached hydrogen (secondary N) is 1. The van der Waals surface area contributed by atoms with E-state index in [9.17, 15) is 9.59 Å². The molecule has 2 N–H and O–H groups in total. The Morgan fingerprint density at radius 1 is 0.771 bits per heavy atom. The van der Waals surface area contributed by atoms with Crippen LogP contribution in [0.4, 0.5) is 5.69 Å². The van der Waals surface area contributed by atoms with Crippen molar-refractivity contribution in [3.8, 4) is 11.1 Å². The van der Waals surface area contributed by atoms with E-state index < -0.39 is 5.97 Å². The first-order valence-electron chi connectivity index (χ1n) is 11.7. The molecule has 1 heterocycles. The third kappa shape index (κ3) is 4.94. The number of hydrogen-bond acceptors (Lipinski definition) is 3. The maximum absolute atomic E-state index is 13.1. The molecule has 0 unspecified atom stereocenters. The summed E-state index contributed by atoms with van der Waals surface area (Å²) in [6, 6.07) is 31.4. The zero-order valence-corrected chi connectivity index (χ0v) is 19.3. The van der Waals surface area contributed by atoms with Crippen molar-refractivity contribution in [2.24, 2.45) is 0 Å². The predicted octanol–water partition coefficient (Wildman–Crippen LogP) is 5.54. The Balaban J connectivity index is 1.29. The number of para-hydroxylation sites is 1. The van der Waals surface area contributed by atoms with E-state index in [4.69, 9.17) is 5.11 Å². The molecule has 0 saturated heterocycles. The summed E-state index contributed by atoms with van der Waals surface area (Å²) in [5.74, 6) is -1.09. The van der Waals surface area contributed by atoms with E-state index in [1.54, 1.807) is 24.3 Å². The SMILES string of the molecule is O=C(O)c1ccc(CNC(=O)c2cccc3c2N(Cc2ccc(-c4ccccc4)cc2)CC3)cc1. The van der Waals surface area contributed by atoms with Gasteiger partial charge in [-0.1, -0.05) is 78.9 Å². The maximum Gasteiger partial charge on any atom is 0.335 e. The third-order valence-electron chi connectivity index (χ3n) is 6.42. The van der Waals surface area contributed by atoms with E-state index in [1.807, 2.05) is 30.3 Å². The molecule has 5 nitrogen and oxygen atoms in total. The highest BCUT2D eigenvalue weighted by Crippen LogP contribution is 2.33. The normalized spacial score (nSPS) is 12.3. The predicted molar refractivity (Wildman–Crippen MR) is 138 cm³/mol. The van der Waals surface area contributed by atoms with Crippen molar-refractivity contribution in [1.29, 1.82) is 0 Å². The molecule has 0 radical (unpaired) electrons. The molecule has 0 aliphatic carbocycles. The number of anilines is 1. The molecule has 174 valence electrons. The minimum absolute atomic E-state index is 0.129. The molecule has 0 bridgehead atoms. The second kappa shape index (κ2) is 9.85. The van der Waals surface area contributed by atoms with E-state index >= 15 is 0 Å². The summed E-state index contributed by atoms with van der Waals surface area (Å²) in [6.45, 7) is 1.95. The lowest BCUT2D eigenvalue weighted by molar-refractivity contribution is 0.0696. The number of hydrogen-bond donors (Lipinski definition) is 2. The molecule has 1 aliphatic rings. The summed E-state index contributed by atoms with van der Waals surface area (Å²) >= 11 is 0. The molecule has 4 aromatic rings. The van der Waals surface area contributed by atoms with Gasteiger partial charge in [-0.05, 0) is 52.4 Å². The van der Waals surface area contributed by atoms with Crippen LogP contribution in [-0.2, 0) is 19.5 Å². The molecule has 0 spiro atoms. The number of aromatic carboxylic acids is 1. The molecule has 4 aromatic carbocycles. The first kappa shape index (κ1) is 22.4. The molecule has 0 saturated carbocycles. The molecule has 5 rings (SSSR count). The topological polar surface area (TPSA) is 69.6 Å². The quantitative estimate of drug-likeness (QED) is 0.378. The average molecular weight is 463 g/mol. The number of carboxylic acid groups (broad SMARTS) is 1. The van der Waals surface area contributed by atoms with Gasteiger partial charge in [0.05, 0.1) is 16.8 Å². The van der Waals surface area contributed by atoms with E-state index in [0.29, 0.717) is 12.1 Å². The molecular formula is C30H26N2O3. The molecule has 1 aliphatic heterocycles. The van der Waals surface area contributed by atoms with Crippen molar-refractivity contribution >= 4 is 17.6 Å². The van der Waals surface area contributed by atoms with E-state index in [-0.39, 0.29) is 11.5 Å². The highest BCUT2D eigenvalue weighted by molar-refractivity contribution is 6.01. The lowest BCUT2D eigenvalue weighted by Crippen LogP contribution is -2.27. The number of carbonyl (C=O) groups excluding carboxylic acids is 1. The fraction of sp³-hybridized carbons (Fsp3) is 0.133. The van der Waals surface area contributed by atoms with Gasteiger partial charge >= 0.3 is 5.97 Å². The molecule has 5 heteroatoms. The van der Waals surface area contributed by atoms with Gasteiger partial charge < -0.3 is 15.3 Å². The summed E-state index contributed by atoms with van der Waals surface area (Å²) in [7, 11) is 0. The van der Waals surface area contributed by atoms with Crippen molar-refractivity contribution in [2.75, 3.05) is 11.4 Å². The Morgan fingerprint density at radius 2 is 1.46 bits per heavy atom. The van der Waals surface area contributed by atoms with Crippen LogP contribution in [0.25, 0.3) is 11.1 Å². The monoisotopic (exact) mass is 462 g/mol. The van der Waals surface area contributed by atoms with Crippen LogP contribution in [0.15, 0.2) is 97.1 Å². The smallest absolute Gasteiger partial charge is 0.335 e. The fourth-order valence-electron chi connectivity index (χ4n) is 4.57. The van der Waals surface area contributed by atoms with Gasteiger partial charge in [-0.15, -0.1) is 0 Å². The molecule has 0 atom stereocenters. The van der Waals surface area contributed by atoms with Crippen LogP contribution >= 0.6 is 0 Å². The minimum atomic E-state index is -0.963. The Morgan fingerprint density at radius 3 is 2.17 bits per heavy atom. The minimum Gasteiger partial charge on any atom is -0.478 e. The second-order valence-electron chi connectivity index (χ2n) is 8.73. The Bertz CT molecular complexity index is 1350. The molecule has 0 fully saturated rings. The standard InChI is InChI=1S/C30H26N2O3/c33-29(31-19-21-9-15-26(16-10-21)30(34)35)27-8-4-7-25-17-18-32(28(25)27)20-22-11-13-24(14-12-22)23-5-2-1-3-6-23/h1-16H,17-20H2,(H,31,33)(H,34,35). The highest BCUT2D eigenvalue weighted by Gasteiger charge is 2.25. The van der Waals surface area contributed by atoms with E-state index in [0.717, 1.165) is 30.8 Å². The van der Waals surface area contributed by atoms with Crippen molar-refractivity contribution in [1.82, 2.24) is 5.32 Å². The van der Waals surface area contributed by atoms with Gasteiger partial charge in [0.1, 0.15) is 0 Å². The first-order valence-corrected chi connectivity index (χ1v) is 11.7. The molecule has 35 heavy (non-hydrogen) atoms. The number of carboxylic acids is 1. The number of fused-ring (bicyclic) bond motifs is 1. The van der Waals surface area contributed by atoms with Crippen molar-refractivity contribution < 1.29 is 14.7 Å². The summed E-state index contributed by atoms with van der Waals surface area (Å²) in [6.07, 6.45) is 0.912. The fourth-order valence-corrected chi connectivity index (χ4v) is 4.57. The van der Waals surface area contributed by atoms with Gasteiger partial charge in [-0.25, -0.2) is 4.79 Å². The van der Waals surface area contributed by atoms with Crippen LogP contribution in [0, 0.1) is 0 Å². The van der Waals surface area contributed by atoms with Gasteiger partial charge in [0, 0.05) is 19.6 Å². The summed E-state index contributed by atoms with van der Waals surface area (Å²) in [5.41, 5.74) is 7.52. The number of carbonyl (C=O) groups is 2. The summed E-state index contributed by atoms with van der Waals surface area (Å²) in [4.78, 5) is 26.4. The molecule has 0 aromatic heterocycles. The zero-order chi connectivity index (χ0) is 24.2.